The quantitative estimate of drug-likeness (QED) is 0.606. The number of nitrogens with one attached hydrogen (secondary N) is 1. The molecule has 0 fully saturated rings. The van der Waals surface area contributed by atoms with Crippen molar-refractivity contribution in [2.75, 3.05) is 6.54 Å². The van der Waals surface area contributed by atoms with Gasteiger partial charge in [0.15, 0.2) is 0 Å². The highest BCUT2D eigenvalue weighted by atomic mass is 15.0. The number of aliphatic imine (C=N–C) groups is 1. The van der Waals surface area contributed by atoms with Gasteiger partial charge in [0, 0.05) is 18.3 Å². The largest absolute Gasteiger partial charge is 0.346 e. The van der Waals surface area contributed by atoms with Gasteiger partial charge >= 0.3 is 0 Å². The van der Waals surface area contributed by atoms with Crippen molar-refractivity contribution in [2.24, 2.45) is 4.99 Å². The van der Waals surface area contributed by atoms with Crippen LogP contribution in [0.2, 0.25) is 0 Å². The van der Waals surface area contributed by atoms with Gasteiger partial charge in [-0.15, -0.1) is 0 Å². The highest BCUT2D eigenvalue weighted by Crippen LogP contribution is 2.10. The van der Waals surface area contributed by atoms with Crippen LogP contribution in [0.3, 0.4) is 0 Å². The monoisotopic (exact) mass is 150 g/mol. The molecule has 60 valence electrons. The van der Waals surface area contributed by atoms with Crippen LogP contribution in [-0.4, -0.2) is 12.4 Å². The van der Waals surface area contributed by atoms with Gasteiger partial charge < -0.3 is 5.32 Å². The highest BCUT2D eigenvalue weighted by molar-refractivity contribution is 6.04. The van der Waals surface area contributed by atoms with E-state index < -0.39 is 0 Å². The van der Waals surface area contributed by atoms with Crippen LogP contribution < -0.4 is 5.32 Å². The first kappa shape index (κ1) is 8.05. The molecule has 2 heteroatoms. The van der Waals surface area contributed by atoms with Gasteiger partial charge in [0.05, 0.1) is 0 Å². The molecule has 1 rings (SSSR count). The van der Waals surface area contributed by atoms with Gasteiger partial charge in [0.25, 0.3) is 0 Å². The van der Waals surface area contributed by atoms with Crippen molar-refractivity contribution < 1.29 is 0 Å². The minimum Gasteiger partial charge on any atom is -0.346 e. The second kappa shape index (κ2) is 3.37. The number of hydrogen-bond donors (Lipinski definition) is 1. The molecule has 0 saturated heterocycles. The molecule has 2 nitrogen and oxygen atoms in total. The summed E-state index contributed by atoms with van der Waals surface area (Å²) in [4.78, 5) is 4.31. The molecule has 0 radical (unpaired) electrons. The first-order valence-corrected chi connectivity index (χ1v) is 3.91. The summed E-state index contributed by atoms with van der Waals surface area (Å²) in [5.74, 6) is 1.01. The maximum atomic E-state index is 4.31. The Kier molecular flexibility index (Phi) is 2.47. The maximum absolute atomic E-state index is 4.31. The van der Waals surface area contributed by atoms with Crippen LogP contribution in [0.25, 0.3) is 0 Å². The fourth-order valence-corrected chi connectivity index (χ4v) is 1.05. The lowest BCUT2D eigenvalue weighted by atomic mass is 10.1. The molecule has 0 spiro atoms. The second-order valence-electron chi connectivity index (χ2n) is 2.71. The van der Waals surface area contributed by atoms with Crippen molar-refractivity contribution in [3.8, 4) is 0 Å². The Morgan fingerprint density at radius 2 is 2.27 bits per heavy atom. The van der Waals surface area contributed by atoms with Gasteiger partial charge in [0.2, 0.25) is 0 Å². The van der Waals surface area contributed by atoms with Crippen molar-refractivity contribution in [3.05, 3.63) is 23.4 Å². The van der Waals surface area contributed by atoms with Crippen LogP contribution in [0.5, 0.6) is 0 Å². The molecule has 1 N–H and O–H groups in total. The fourth-order valence-electron chi connectivity index (χ4n) is 1.05. The molecule has 0 aliphatic carbocycles. The summed E-state index contributed by atoms with van der Waals surface area (Å²) in [5, 5.41) is 3.10. The predicted molar refractivity (Wildman–Crippen MR) is 48.6 cm³/mol. The molecule has 0 unspecified atom stereocenters. The Balaban J connectivity index is 2.89. The van der Waals surface area contributed by atoms with Gasteiger partial charge in [-0.3, -0.25) is 4.99 Å². The van der Waals surface area contributed by atoms with Crippen LogP contribution in [0.4, 0.5) is 0 Å². The minimum absolute atomic E-state index is 0.834. The van der Waals surface area contributed by atoms with Gasteiger partial charge in [-0.2, -0.15) is 0 Å². The third kappa shape index (κ3) is 1.70. The molecule has 0 aromatic carbocycles. The number of amidine groups is 1. The molecular weight excluding hydrogens is 136 g/mol. The first-order chi connectivity index (χ1) is 5.25. The highest BCUT2D eigenvalue weighted by Gasteiger charge is 2.08. The van der Waals surface area contributed by atoms with E-state index in [1.54, 1.807) is 0 Å². The van der Waals surface area contributed by atoms with E-state index in [9.17, 15) is 0 Å². The Bertz CT molecular complexity index is 230. The summed E-state index contributed by atoms with van der Waals surface area (Å²) in [7, 11) is 0. The zero-order valence-corrected chi connectivity index (χ0v) is 7.31. The Labute approximate surface area is 67.7 Å². The Hall–Kier alpha value is -1.05. The number of rotatable bonds is 1. The topological polar surface area (TPSA) is 24.4 Å². The van der Waals surface area contributed by atoms with Crippen LogP contribution in [0.15, 0.2) is 28.4 Å². The Morgan fingerprint density at radius 3 is 2.82 bits per heavy atom. The molecule has 1 aliphatic heterocycles. The summed E-state index contributed by atoms with van der Waals surface area (Å²) in [6, 6.07) is 0. The van der Waals surface area contributed by atoms with E-state index in [-0.39, 0.29) is 0 Å². The van der Waals surface area contributed by atoms with E-state index >= 15 is 0 Å². The lowest BCUT2D eigenvalue weighted by Gasteiger charge is -2.01. The summed E-state index contributed by atoms with van der Waals surface area (Å²) >= 11 is 0. The van der Waals surface area contributed by atoms with Crippen molar-refractivity contribution in [1.82, 2.24) is 5.32 Å². The Morgan fingerprint density at radius 1 is 1.55 bits per heavy atom. The zero-order valence-electron chi connectivity index (χ0n) is 7.31. The van der Waals surface area contributed by atoms with Gasteiger partial charge in [-0.05, 0) is 26.8 Å². The third-order valence-corrected chi connectivity index (χ3v) is 1.58. The van der Waals surface area contributed by atoms with E-state index in [2.05, 4.69) is 30.2 Å². The third-order valence-electron chi connectivity index (χ3n) is 1.58. The van der Waals surface area contributed by atoms with Crippen LogP contribution in [0.1, 0.15) is 20.8 Å². The average molecular weight is 150 g/mol. The molecule has 0 saturated carbocycles. The van der Waals surface area contributed by atoms with E-state index in [0.717, 1.165) is 12.4 Å². The van der Waals surface area contributed by atoms with E-state index in [1.165, 1.54) is 11.1 Å². The smallest absolute Gasteiger partial charge is 0.132 e. The first-order valence-electron chi connectivity index (χ1n) is 3.91. The molecule has 0 aromatic rings. The summed E-state index contributed by atoms with van der Waals surface area (Å²) in [5.41, 5.74) is 2.53. The normalized spacial score (nSPS) is 19.2. The summed E-state index contributed by atoms with van der Waals surface area (Å²) < 4.78 is 0. The molecule has 11 heavy (non-hydrogen) atoms. The molecule has 0 atom stereocenters. The van der Waals surface area contributed by atoms with Crippen molar-refractivity contribution in [1.29, 1.82) is 0 Å². The molecule has 0 amide bonds. The van der Waals surface area contributed by atoms with Gasteiger partial charge in [-0.25, -0.2) is 0 Å². The van der Waals surface area contributed by atoms with E-state index in [0.29, 0.717) is 0 Å². The van der Waals surface area contributed by atoms with Gasteiger partial charge in [0.1, 0.15) is 5.84 Å². The fraction of sp³-hybridized carbons (Fsp3) is 0.444. The van der Waals surface area contributed by atoms with Crippen LogP contribution >= 0.6 is 0 Å². The molecule has 0 aromatic heterocycles. The lowest BCUT2D eigenvalue weighted by molar-refractivity contribution is 1.10. The van der Waals surface area contributed by atoms with Crippen molar-refractivity contribution in [2.45, 2.75) is 20.8 Å². The van der Waals surface area contributed by atoms with Crippen LogP contribution in [-0.2, 0) is 0 Å². The van der Waals surface area contributed by atoms with Crippen molar-refractivity contribution in [3.63, 3.8) is 0 Å². The number of nitrogens with zero attached hydrogens (tertiary/aromatic N) is 1. The van der Waals surface area contributed by atoms with E-state index in [1.807, 2.05) is 13.1 Å². The summed E-state index contributed by atoms with van der Waals surface area (Å²) in [6.45, 7) is 7.06. The second-order valence-corrected chi connectivity index (χ2v) is 2.71. The predicted octanol–water partition coefficient (Wildman–Crippen LogP) is 1.86. The molecule has 1 heterocycles. The van der Waals surface area contributed by atoms with Crippen molar-refractivity contribution >= 4 is 5.84 Å². The van der Waals surface area contributed by atoms with Gasteiger partial charge in [-0.1, -0.05) is 5.57 Å². The SMILES string of the molecule is CCN=C1NC=CC1=C(C)C. The van der Waals surface area contributed by atoms with E-state index in [4.69, 9.17) is 0 Å². The molecule has 1 aliphatic rings. The number of allylic oxidation sites excluding steroid dienone is 1. The van der Waals surface area contributed by atoms with Crippen LogP contribution in [0, 0.1) is 0 Å². The average Bonchev–Trinajstić information content (AvgIpc) is 2.36. The minimum atomic E-state index is 0.834. The summed E-state index contributed by atoms with van der Waals surface area (Å²) in [6.07, 6.45) is 3.99. The lowest BCUT2D eigenvalue weighted by Crippen LogP contribution is -2.14. The zero-order chi connectivity index (χ0) is 8.27. The maximum Gasteiger partial charge on any atom is 0.132 e. The molecule has 0 bridgehead atoms. The number of hydrogen-bond acceptors (Lipinski definition) is 1. The molecular formula is C9H14N2. The standard InChI is InChI=1S/C9H14N2/c1-4-10-9-8(7(2)3)5-6-11-9/h5-6H,4H2,1-3H3,(H,10,11).